The number of pyridine rings is 1. The SMILES string of the molecule is CCNCCCNc1cccc(C(F)(F)F)n1. The van der Waals surface area contributed by atoms with E-state index in [1.54, 1.807) is 0 Å². The van der Waals surface area contributed by atoms with Gasteiger partial charge in [0, 0.05) is 6.54 Å². The van der Waals surface area contributed by atoms with Crippen molar-refractivity contribution in [1.29, 1.82) is 0 Å². The molecule has 0 aromatic carbocycles. The van der Waals surface area contributed by atoms with Crippen molar-refractivity contribution in [2.24, 2.45) is 0 Å². The predicted molar refractivity (Wildman–Crippen MR) is 60.9 cm³/mol. The van der Waals surface area contributed by atoms with Gasteiger partial charge in [-0.2, -0.15) is 13.2 Å². The highest BCUT2D eigenvalue weighted by atomic mass is 19.4. The summed E-state index contributed by atoms with van der Waals surface area (Å²) in [6.45, 7) is 4.33. The Morgan fingerprint density at radius 2 is 2.00 bits per heavy atom. The molecule has 1 heterocycles. The molecule has 0 aliphatic carbocycles. The number of alkyl halides is 3. The largest absolute Gasteiger partial charge is 0.433 e. The Morgan fingerprint density at radius 1 is 1.24 bits per heavy atom. The first-order valence-corrected chi connectivity index (χ1v) is 5.53. The topological polar surface area (TPSA) is 37.0 Å². The molecule has 1 aromatic rings. The van der Waals surface area contributed by atoms with Crippen molar-refractivity contribution >= 4 is 5.82 Å². The molecule has 1 aromatic heterocycles. The van der Waals surface area contributed by atoms with Crippen molar-refractivity contribution in [2.45, 2.75) is 19.5 Å². The van der Waals surface area contributed by atoms with Gasteiger partial charge in [-0.1, -0.05) is 13.0 Å². The number of nitrogens with zero attached hydrogens (tertiary/aromatic N) is 1. The molecule has 1 rings (SSSR count). The van der Waals surface area contributed by atoms with E-state index in [0.717, 1.165) is 25.6 Å². The summed E-state index contributed by atoms with van der Waals surface area (Å²) < 4.78 is 37.1. The van der Waals surface area contributed by atoms with Gasteiger partial charge in [0.25, 0.3) is 0 Å². The van der Waals surface area contributed by atoms with Crippen LogP contribution in [-0.2, 0) is 6.18 Å². The molecule has 0 radical (unpaired) electrons. The van der Waals surface area contributed by atoms with Crippen molar-refractivity contribution in [3.05, 3.63) is 23.9 Å². The van der Waals surface area contributed by atoms with Crippen LogP contribution in [0.3, 0.4) is 0 Å². The Kier molecular flexibility index (Phi) is 5.21. The minimum Gasteiger partial charge on any atom is -0.370 e. The van der Waals surface area contributed by atoms with Crippen LogP contribution in [0.15, 0.2) is 18.2 Å². The van der Waals surface area contributed by atoms with E-state index in [4.69, 9.17) is 0 Å². The van der Waals surface area contributed by atoms with Crippen LogP contribution in [0.2, 0.25) is 0 Å². The summed E-state index contributed by atoms with van der Waals surface area (Å²) in [5.74, 6) is 0.260. The van der Waals surface area contributed by atoms with Gasteiger partial charge in [0.2, 0.25) is 0 Å². The Balaban J connectivity index is 2.44. The molecule has 2 N–H and O–H groups in total. The first-order chi connectivity index (χ1) is 8.04. The lowest BCUT2D eigenvalue weighted by atomic mass is 10.3. The summed E-state index contributed by atoms with van der Waals surface area (Å²) in [7, 11) is 0. The quantitative estimate of drug-likeness (QED) is 0.758. The fourth-order valence-corrected chi connectivity index (χ4v) is 1.30. The normalized spacial score (nSPS) is 11.5. The van der Waals surface area contributed by atoms with E-state index in [1.807, 2.05) is 6.92 Å². The van der Waals surface area contributed by atoms with E-state index in [9.17, 15) is 13.2 Å². The van der Waals surface area contributed by atoms with Crippen LogP contribution in [-0.4, -0.2) is 24.6 Å². The van der Waals surface area contributed by atoms with Crippen molar-refractivity contribution < 1.29 is 13.2 Å². The lowest BCUT2D eigenvalue weighted by molar-refractivity contribution is -0.141. The van der Waals surface area contributed by atoms with Crippen LogP contribution in [0.5, 0.6) is 0 Å². The molecule has 3 nitrogen and oxygen atoms in total. The van der Waals surface area contributed by atoms with Gasteiger partial charge in [0.15, 0.2) is 0 Å². The number of nitrogens with one attached hydrogen (secondary N) is 2. The Morgan fingerprint density at radius 3 is 2.65 bits per heavy atom. The van der Waals surface area contributed by atoms with Gasteiger partial charge in [0.05, 0.1) is 0 Å². The molecule has 0 fully saturated rings. The van der Waals surface area contributed by atoms with Crippen LogP contribution < -0.4 is 10.6 Å². The zero-order valence-electron chi connectivity index (χ0n) is 9.64. The summed E-state index contributed by atoms with van der Waals surface area (Å²) in [5, 5.41) is 5.99. The van der Waals surface area contributed by atoms with Gasteiger partial charge in [-0.25, -0.2) is 4.98 Å². The summed E-state index contributed by atoms with van der Waals surface area (Å²) >= 11 is 0. The van der Waals surface area contributed by atoms with E-state index in [1.165, 1.54) is 12.1 Å². The summed E-state index contributed by atoms with van der Waals surface area (Å²) in [6, 6.07) is 3.84. The van der Waals surface area contributed by atoms with Crippen LogP contribution in [0.4, 0.5) is 19.0 Å². The van der Waals surface area contributed by atoms with Crippen LogP contribution in [0, 0.1) is 0 Å². The van der Waals surface area contributed by atoms with E-state index in [0.29, 0.717) is 6.54 Å². The molecule has 0 amide bonds. The van der Waals surface area contributed by atoms with Gasteiger partial charge in [-0.3, -0.25) is 0 Å². The van der Waals surface area contributed by atoms with E-state index >= 15 is 0 Å². The van der Waals surface area contributed by atoms with Gasteiger partial charge in [-0.05, 0) is 31.6 Å². The molecular weight excluding hydrogens is 231 g/mol. The average Bonchev–Trinajstić information content (AvgIpc) is 2.28. The maximum atomic E-state index is 12.4. The molecule has 6 heteroatoms. The van der Waals surface area contributed by atoms with Crippen LogP contribution in [0.1, 0.15) is 19.0 Å². The van der Waals surface area contributed by atoms with E-state index in [-0.39, 0.29) is 5.82 Å². The van der Waals surface area contributed by atoms with Gasteiger partial charge >= 0.3 is 6.18 Å². The highest BCUT2D eigenvalue weighted by Crippen LogP contribution is 2.27. The van der Waals surface area contributed by atoms with E-state index < -0.39 is 11.9 Å². The van der Waals surface area contributed by atoms with Crippen LogP contribution >= 0.6 is 0 Å². The molecule has 0 aliphatic heterocycles. The zero-order valence-corrected chi connectivity index (χ0v) is 9.64. The second-order valence-corrected chi connectivity index (χ2v) is 3.54. The van der Waals surface area contributed by atoms with E-state index in [2.05, 4.69) is 15.6 Å². The zero-order chi connectivity index (χ0) is 12.7. The maximum Gasteiger partial charge on any atom is 0.433 e. The predicted octanol–water partition coefficient (Wildman–Crippen LogP) is 2.51. The third-order valence-electron chi connectivity index (χ3n) is 2.13. The summed E-state index contributed by atoms with van der Waals surface area (Å²) in [4.78, 5) is 3.51. The van der Waals surface area contributed by atoms with Gasteiger partial charge in [-0.15, -0.1) is 0 Å². The van der Waals surface area contributed by atoms with Crippen molar-refractivity contribution in [3.8, 4) is 0 Å². The molecular formula is C11H16F3N3. The molecule has 17 heavy (non-hydrogen) atoms. The Hall–Kier alpha value is -1.30. The first kappa shape index (κ1) is 13.8. The fraction of sp³-hybridized carbons (Fsp3) is 0.545. The standard InChI is InChI=1S/C11H16F3N3/c1-2-15-7-4-8-16-10-6-3-5-9(17-10)11(12,13)14/h3,5-6,15H,2,4,7-8H2,1H3,(H,16,17). The summed E-state index contributed by atoms with van der Waals surface area (Å²) in [5.41, 5.74) is -0.866. The van der Waals surface area contributed by atoms with Crippen molar-refractivity contribution in [3.63, 3.8) is 0 Å². The lowest BCUT2D eigenvalue weighted by Gasteiger charge is -2.09. The molecule has 0 spiro atoms. The molecule has 0 aliphatic rings. The average molecular weight is 247 g/mol. The molecule has 0 saturated heterocycles. The number of hydrogen-bond acceptors (Lipinski definition) is 3. The second kappa shape index (κ2) is 6.44. The van der Waals surface area contributed by atoms with Crippen molar-refractivity contribution in [1.82, 2.24) is 10.3 Å². The Bertz CT molecular complexity index is 339. The van der Waals surface area contributed by atoms with Crippen molar-refractivity contribution in [2.75, 3.05) is 25.0 Å². The lowest BCUT2D eigenvalue weighted by Crippen LogP contribution is -2.17. The number of halogens is 3. The fourth-order valence-electron chi connectivity index (χ4n) is 1.30. The Labute approximate surface area is 98.4 Å². The van der Waals surface area contributed by atoms with Gasteiger partial charge in [0.1, 0.15) is 11.5 Å². The molecule has 0 bridgehead atoms. The molecule has 0 saturated carbocycles. The molecule has 96 valence electrons. The minimum absolute atomic E-state index is 0.260. The number of aromatic nitrogens is 1. The number of anilines is 1. The summed E-state index contributed by atoms with van der Waals surface area (Å²) in [6.07, 6.45) is -3.55. The minimum atomic E-state index is -4.39. The highest BCUT2D eigenvalue weighted by Gasteiger charge is 2.32. The third-order valence-corrected chi connectivity index (χ3v) is 2.13. The molecule has 0 unspecified atom stereocenters. The van der Waals surface area contributed by atoms with Gasteiger partial charge < -0.3 is 10.6 Å². The van der Waals surface area contributed by atoms with Crippen LogP contribution in [0.25, 0.3) is 0 Å². The highest BCUT2D eigenvalue weighted by molar-refractivity contribution is 5.35. The third kappa shape index (κ3) is 5.04. The first-order valence-electron chi connectivity index (χ1n) is 5.53. The maximum absolute atomic E-state index is 12.4. The molecule has 0 atom stereocenters. The number of hydrogen-bond donors (Lipinski definition) is 2. The second-order valence-electron chi connectivity index (χ2n) is 3.54. The monoisotopic (exact) mass is 247 g/mol. The number of rotatable bonds is 6. The smallest absolute Gasteiger partial charge is 0.370 e.